The summed E-state index contributed by atoms with van der Waals surface area (Å²) in [5.41, 5.74) is 8.75. The highest BCUT2D eigenvalue weighted by Gasteiger charge is 2.60. The number of methoxy groups -OCH3 is 4. The van der Waals surface area contributed by atoms with Crippen molar-refractivity contribution in [3.63, 3.8) is 0 Å². The van der Waals surface area contributed by atoms with E-state index in [1.807, 2.05) is 133 Å². The average molecular weight is 1030 g/mol. The summed E-state index contributed by atoms with van der Waals surface area (Å²) in [7, 11) is 6.32. The molecule has 1 fully saturated rings. The van der Waals surface area contributed by atoms with Crippen LogP contribution in [-0.2, 0) is 30.1 Å². The number of azide groups is 1. The number of ether oxygens (including phenoxy) is 7. The van der Waals surface area contributed by atoms with Gasteiger partial charge in [-0.05, 0) is 99.9 Å². The molecule has 394 valence electrons. The van der Waals surface area contributed by atoms with Crippen LogP contribution in [0.1, 0.15) is 85.1 Å². The number of carbonyl (C=O) groups excluding carboxylic acids is 1. The number of rotatable bonds is 25. The first-order valence-corrected chi connectivity index (χ1v) is 25.3. The van der Waals surface area contributed by atoms with Gasteiger partial charge in [-0.25, -0.2) is 9.18 Å². The van der Waals surface area contributed by atoms with Crippen molar-refractivity contribution in [1.82, 2.24) is 9.55 Å². The second-order valence-corrected chi connectivity index (χ2v) is 18.5. The molecule has 1 saturated heterocycles. The first kappa shape index (κ1) is 54.1. The summed E-state index contributed by atoms with van der Waals surface area (Å²) in [4.78, 5) is 36.2. The monoisotopic (exact) mass is 1030 g/mol. The number of benzene rings is 6. The number of alkyl halides is 1. The quantitative estimate of drug-likeness (QED) is 0.0144. The van der Waals surface area contributed by atoms with Crippen molar-refractivity contribution in [2.75, 3.05) is 46.9 Å². The molecule has 6 aromatic carbocycles. The molecule has 1 aliphatic heterocycles. The SMILES string of the molecule is CCCCCCCC(=O)O[C@H]1[C@@H](F)[C@H](n2ccc(NC(c3ccccc3)(c3ccc(OC)cc3)c3ccc(OC)cc3)nc2=O)O[C@]1(CN=[N+]=[N-])COC(c1ccccc1)(c1ccc(OC)cc1)c1ccc(OC)cc1. The highest BCUT2D eigenvalue weighted by molar-refractivity contribution is 5.69. The van der Waals surface area contributed by atoms with E-state index in [9.17, 15) is 15.1 Å². The van der Waals surface area contributed by atoms with Gasteiger partial charge in [0.15, 0.2) is 18.5 Å². The summed E-state index contributed by atoms with van der Waals surface area (Å²) in [5, 5.41) is 7.54. The van der Waals surface area contributed by atoms with Crippen LogP contribution in [0.25, 0.3) is 10.4 Å². The van der Waals surface area contributed by atoms with E-state index in [2.05, 4.69) is 27.3 Å². The largest absolute Gasteiger partial charge is 0.497 e. The molecule has 15 nitrogen and oxygen atoms in total. The van der Waals surface area contributed by atoms with Crippen LogP contribution in [0, 0.1) is 0 Å². The Hall–Kier alpha value is -8.17. The van der Waals surface area contributed by atoms with Crippen molar-refractivity contribution in [3.05, 3.63) is 224 Å². The van der Waals surface area contributed by atoms with Crippen LogP contribution in [-0.4, -0.2) is 75.0 Å². The third-order valence-corrected chi connectivity index (χ3v) is 14.0. The van der Waals surface area contributed by atoms with Gasteiger partial charge in [-0.2, -0.15) is 4.98 Å². The molecule has 0 unspecified atom stereocenters. The summed E-state index contributed by atoms with van der Waals surface area (Å²) in [6, 6.07) is 50.4. The third-order valence-electron chi connectivity index (χ3n) is 14.0. The van der Waals surface area contributed by atoms with Gasteiger partial charge in [-0.1, -0.05) is 147 Å². The Morgan fingerprint density at radius 1 is 0.684 bits per heavy atom. The van der Waals surface area contributed by atoms with Crippen LogP contribution in [0.5, 0.6) is 23.0 Å². The van der Waals surface area contributed by atoms with Gasteiger partial charge in [-0.3, -0.25) is 9.36 Å². The zero-order valence-corrected chi connectivity index (χ0v) is 43.3. The van der Waals surface area contributed by atoms with Crippen LogP contribution in [0.3, 0.4) is 0 Å². The van der Waals surface area contributed by atoms with Crippen molar-refractivity contribution in [2.24, 2.45) is 5.11 Å². The van der Waals surface area contributed by atoms with E-state index in [4.69, 9.17) is 33.2 Å². The van der Waals surface area contributed by atoms with E-state index in [-0.39, 0.29) is 12.2 Å². The van der Waals surface area contributed by atoms with Crippen molar-refractivity contribution in [1.29, 1.82) is 0 Å². The number of anilines is 1. The predicted molar refractivity (Wildman–Crippen MR) is 288 cm³/mol. The second-order valence-electron chi connectivity index (χ2n) is 18.5. The average Bonchev–Trinajstić information content (AvgIpc) is 3.75. The van der Waals surface area contributed by atoms with Crippen LogP contribution >= 0.6 is 0 Å². The maximum absolute atomic E-state index is 18.0. The minimum absolute atomic E-state index is 0.00483. The van der Waals surface area contributed by atoms with E-state index in [0.29, 0.717) is 46.1 Å². The lowest BCUT2D eigenvalue weighted by Gasteiger charge is -2.40. The van der Waals surface area contributed by atoms with Gasteiger partial charge < -0.3 is 38.5 Å². The molecule has 0 bridgehead atoms. The number of hydrogen-bond acceptors (Lipinski definition) is 12. The zero-order chi connectivity index (χ0) is 53.5. The van der Waals surface area contributed by atoms with Crippen LogP contribution in [0.4, 0.5) is 10.2 Å². The third kappa shape index (κ3) is 11.4. The van der Waals surface area contributed by atoms with Crippen molar-refractivity contribution >= 4 is 11.8 Å². The predicted octanol–water partition coefficient (Wildman–Crippen LogP) is 11.9. The molecule has 16 heteroatoms. The topological polar surface area (TPSA) is 177 Å². The molecule has 76 heavy (non-hydrogen) atoms. The fourth-order valence-electron chi connectivity index (χ4n) is 9.97. The second kappa shape index (κ2) is 24.9. The van der Waals surface area contributed by atoms with E-state index < -0.39 is 60.1 Å². The molecule has 8 rings (SSSR count). The molecular formula is C60H63FN6O9. The summed E-state index contributed by atoms with van der Waals surface area (Å²) < 4.78 is 61.3. The van der Waals surface area contributed by atoms with Crippen LogP contribution < -0.4 is 30.0 Å². The van der Waals surface area contributed by atoms with Crippen LogP contribution in [0.2, 0.25) is 0 Å². The number of esters is 1. The Labute approximate surface area is 442 Å². The number of carbonyl (C=O) groups is 1. The number of hydrogen-bond donors (Lipinski definition) is 1. The van der Waals surface area contributed by atoms with E-state index >= 15 is 4.39 Å². The fraction of sp³-hybridized carbons (Fsp3) is 0.317. The lowest BCUT2D eigenvalue weighted by Crippen LogP contribution is -2.53. The molecule has 0 amide bonds. The number of nitrogens with one attached hydrogen (secondary N) is 1. The fourth-order valence-corrected chi connectivity index (χ4v) is 9.97. The van der Waals surface area contributed by atoms with E-state index in [1.54, 1.807) is 58.8 Å². The maximum Gasteiger partial charge on any atom is 0.351 e. The molecule has 0 radical (unpaired) electrons. The van der Waals surface area contributed by atoms with Gasteiger partial charge in [0.1, 0.15) is 45.6 Å². The zero-order valence-electron chi connectivity index (χ0n) is 43.3. The molecule has 0 aliphatic carbocycles. The molecular weight excluding hydrogens is 968 g/mol. The smallest absolute Gasteiger partial charge is 0.351 e. The first-order valence-electron chi connectivity index (χ1n) is 25.3. The molecule has 7 aromatic rings. The molecule has 1 aromatic heterocycles. The van der Waals surface area contributed by atoms with E-state index in [0.717, 1.165) is 46.9 Å². The Morgan fingerprint density at radius 2 is 1.14 bits per heavy atom. The first-order chi connectivity index (χ1) is 37.1. The molecule has 0 saturated carbocycles. The minimum Gasteiger partial charge on any atom is -0.497 e. The Kier molecular flexibility index (Phi) is 17.7. The maximum atomic E-state index is 18.0. The molecule has 0 spiro atoms. The van der Waals surface area contributed by atoms with Gasteiger partial charge in [-0.15, -0.1) is 0 Å². The summed E-state index contributed by atoms with van der Waals surface area (Å²) in [6.45, 7) is 1.02. The Morgan fingerprint density at radius 3 is 1.62 bits per heavy atom. The lowest BCUT2D eigenvalue weighted by atomic mass is 9.77. The van der Waals surface area contributed by atoms with Gasteiger partial charge in [0.05, 0.1) is 41.6 Å². The standard InChI is InChI=1S/C60H63FN6O9/c1-6-7-8-9-16-21-53(68)75-55-54(61)56(67-39-38-52(64-57(67)69)65-59(42-17-12-10-13-18-42,43-22-30-48(70-2)31-23-43)44-24-32-49(71-3)33-25-44)76-58(55,40-63-66-62)41-74-60(45-19-14-11-15-20-45,46-26-34-50(72-4)35-27-46)47-28-36-51(73-5)37-29-47/h10-15,17-20,22-39,54-56H,6-9,16,21,40-41H2,1-5H3,(H,64,65,69)/t54-,55+,56-,58-/m1/s1. The Bertz CT molecular complexity index is 2990. The van der Waals surface area contributed by atoms with Gasteiger partial charge in [0.25, 0.3) is 0 Å². The van der Waals surface area contributed by atoms with Crippen molar-refractivity contribution in [2.45, 2.75) is 80.7 Å². The van der Waals surface area contributed by atoms with Crippen molar-refractivity contribution in [3.8, 4) is 23.0 Å². The molecule has 1 aliphatic rings. The summed E-state index contributed by atoms with van der Waals surface area (Å²) in [5.74, 6) is 1.93. The lowest BCUT2D eigenvalue weighted by molar-refractivity contribution is -0.178. The summed E-state index contributed by atoms with van der Waals surface area (Å²) in [6.07, 6.45) is -0.0952. The number of nitrogens with zero attached hydrogens (tertiary/aromatic N) is 5. The summed E-state index contributed by atoms with van der Waals surface area (Å²) >= 11 is 0. The highest BCUT2D eigenvalue weighted by Crippen LogP contribution is 2.47. The molecule has 1 N–H and O–H groups in total. The van der Waals surface area contributed by atoms with Gasteiger partial charge >= 0.3 is 11.7 Å². The highest BCUT2D eigenvalue weighted by atomic mass is 19.1. The Balaban J connectivity index is 1.23. The van der Waals surface area contributed by atoms with E-state index in [1.165, 1.54) is 6.20 Å². The molecule has 4 atom stereocenters. The minimum atomic E-state index is -2.20. The van der Waals surface area contributed by atoms with Gasteiger partial charge in [0, 0.05) is 17.5 Å². The number of unbranched alkanes of at least 4 members (excludes halogenated alkanes) is 4. The number of aromatic nitrogens is 2. The molecule has 2 heterocycles. The van der Waals surface area contributed by atoms with Gasteiger partial charge in [0.2, 0.25) is 0 Å². The van der Waals surface area contributed by atoms with Crippen LogP contribution in [0.15, 0.2) is 180 Å². The van der Waals surface area contributed by atoms with Crippen molar-refractivity contribution < 1.29 is 42.3 Å². The number of halogens is 1. The normalized spacial score (nSPS) is 17.3.